The largest absolute Gasteiger partial charge is 0.317 e. The van der Waals surface area contributed by atoms with Crippen LogP contribution in [0.25, 0.3) is 0 Å². The standard InChI is InChI=1S/C12H29N3O2S2/c1-6-13-9-7-10-14(3)19(16,17)15(4)12(2)8-11-18-5/h12-13H,6-11H2,1-5H3. The molecule has 0 aromatic heterocycles. The average molecular weight is 312 g/mol. The van der Waals surface area contributed by atoms with Crippen molar-refractivity contribution in [3.8, 4) is 0 Å². The lowest BCUT2D eigenvalue weighted by Gasteiger charge is -2.29. The molecular weight excluding hydrogens is 282 g/mol. The molecule has 1 atom stereocenters. The fourth-order valence-electron chi connectivity index (χ4n) is 1.64. The van der Waals surface area contributed by atoms with Gasteiger partial charge >= 0.3 is 0 Å². The highest BCUT2D eigenvalue weighted by atomic mass is 32.2. The van der Waals surface area contributed by atoms with E-state index >= 15 is 0 Å². The Hall–Kier alpha value is 0.180. The number of nitrogens with zero attached hydrogens (tertiary/aromatic N) is 2. The Labute approximate surface area is 123 Å². The highest BCUT2D eigenvalue weighted by Crippen LogP contribution is 2.13. The van der Waals surface area contributed by atoms with E-state index in [1.165, 1.54) is 8.61 Å². The molecule has 0 amide bonds. The molecule has 0 heterocycles. The SMILES string of the molecule is CCNCCCN(C)S(=O)(=O)N(C)C(C)CCSC. The molecule has 0 radical (unpaired) electrons. The van der Waals surface area contributed by atoms with Crippen LogP contribution in [0.5, 0.6) is 0 Å². The van der Waals surface area contributed by atoms with Gasteiger partial charge in [-0.15, -0.1) is 0 Å². The molecular formula is C12H29N3O2S2. The van der Waals surface area contributed by atoms with Gasteiger partial charge in [0.2, 0.25) is 0 Å². The summed E-state index contributed by atoms with van der Waals surface area (Å²) >= 11 is 1.74. The minimum atomic E-state index is -3.33. The van der Waals surface area contributed by atoms with Crippen molar-refractivity contribution in [1.29, 1.82) is 0 Å². The Morgan fingerprint density at radius 2 is 1.95 bits per heavy atom. The van der Waals surface area contributed by atoms with E-state index < -0.39 is 10.2 Å². The van der Waals surface area contributed by atoms with E-state index in [1.807, 2.05) is 20.1 Å². The maximum absolute atomic E-state index is 12.3. The second-order valence-corrected chi connectivity index (χ2v) is 7.76. The second-order valence-electron chi connectivity index (χ2n) is 4.68. The summed E-state index contributed by atoms with van der Waals surface area (Å²) in [5.41, 5.74) is 0. The van der Waals surface area contributed by atoms with Gasteiger partial charge in [-0.3, -0.25) is 0 Å². The quantitative estimate of drug-likeness (QED) is 0.583. The van der Waals surface area contributed by atoms with Crippen molar-refractivity contribution in [1.82, 2.24) is 13.9 Å². The number of rotatable bonds is 11. The van der Waals surface area contributed by atoms with E-state index in [4.69, 9.17) is 0 Å². The number of thioether (sulfide) groups is 1. The summed E-state index contributed by atoms with van der Waals surface area (Å²) in [7, 11) is -0.00656. The van der Waals surface area contributed by atoms with Gasteiger partial charge in [0.1, 0.15) is 0 Å². The number of hydrogen-bond acceptors (Lipinski definition) is 4. The van der Waals surface area contributed by atoms with E-state index in [-0.39, 0.29) is 6.04 Å². The zero-order valence-corrected chi connectivity index (χ0v) is 14.5. The average Bonchev–Trinajstić information content (AvgIpc) is 2.39. The summed E-state index contributed by atoms with van der Waals surface area (Å²) in [6, 6.07) is 0.0358. The van der Waals surface area contributed by atoms with Crippen molar-refractivity contribution < 1.29 is 8.42 Å². The molecule has 0 aliphatic rings. The number of nitrogens with one attached hydrogen (secondary N) is 1. The van der Waals surface area contributed by atoms with E-state index in [2.05, 4.69) is 5.32 Å². The molecule has 1 N–H and O–H groups in total. The summed E-state index contributed by atoms with van der Waals surface area (Å²) < 4.78 is 27.6. The van der Waals surface area contributed by atoms with Gasteiger partial charge in [0.05, 0.1) is 0 Å². The molecule has 1 unspecified atom stereocenters. The van der Waals surface area contributed by atoms with Crippen molar-refractivity contribution in [3.05, 3.63) is 0 Å². The van der Waals surface area contributed by atoms with Crippen LogP contribution in [0.4, 0.5) is 0 Å². The van der Waals surface area contributed by atoms with Crippen LogP contribution in [0.15, 0.2) is 0 Å². The third kappa shape index (κ3) is 6.94. The molecule has 5 nitrogen and oxygen atoms in total. The Morgan fingerprint density at radius 1 is 1.32 bits per heavy atom. The fraction of sp³-hybridized carbons (Fsp3) is 1.00. The third-order valence-corrected chi connectivity index (χ3v) is 5.90. The molecule has 0 saturated heterocycles. The van der Waals surface area contributed by atoms with Crippen LogP contribution in [0.2, 0.25) is 0 Å². The predicted molar refractivity (Wildman–Crippen MR) is 84.9 cm³/mol. The van der Waals surface area contributed by atoms with Crippen molar-refractivity contribution in [2.75, 3.05) is 45.7 Å². The highest BCUT2D eigenvalue weighted by molar-refractivity contribution is 7.98. The van der Waals surface area contributed by atoms with Crippen molar-refractivity contribution in [2.45, 2.75) is 32.7 Å². The molecule has 0 fully saturated rings. The predicted octanol–water partition coefficient (Wildman–Crippen LogP) is 1.24. The molecule has 0 spiro atoms. The first-order valence-corrected chi connectivity index (χ1v) is 9.55. The lowest BCUT2D eigenvalue weighted by Crippen LogP contribution is -2.44. The van der Waals surface area contributed by atoms with Gasteiger partial charge in [0.25, 0.3) is 10.2 Å². The van der Waals surface area contributed by atoms with Crippen LogP contribution < -0.4 is 5.32 Å². The molecule has 0 aliphatic heterocycles. The molecule has 116 valence electrons. The van der Waals surface area contributed by atoms with Crippen molar-refractivity contribution >= 4 is 22.0 Å². The van der Waals surface area contributed by atoms with Crippen LogP contribution in [-0.2, 0) is 10.2 Å². The van der Waals surface area contributed by atoms with Gasteiger partial charge < -0.3 is 5.32 Å². The lowest BCUT2D eigenvalue weighted by atomic mass is 10.3. The van der Waals surface area contributed by atoms with Crippen molar-refractivity contribution in [3.63, 3.8) is 0 Å². The summed E-state index contributed by atoms with van der Waals surface area (Å²) in [5.74, 6) is 0.977. The molecule has 7 heteroatoms. The molecule has 0 bridgehead atoms. The number of hydrogen-bond donors (Lipinski definition) is 1. The maximum Gasteiger partial charge on any atom is 0.281 e. The first-order chi connectivity index (χ1) is 8.87. The smallest absolute Gasteiger partial charge is 0.281 e. The first kappa shape index (κ1) is 19.2. The minimum absolute atomic E-state index is 0.0358. The van der Waals surface area contributed by atoms with Gasteiger partial charge in [0, 0.05) is 26.7 Å². The molecule has 19 heavy (non-hydrogen) atoms. The molecule has 0 saturated carbocycles. The zero-order chi connectivity index (χ0) is 14.9. The molecule has 0 aromatic carbocycles. The topological polar surface area (TPSA) is 52.7 Å². The highest BCUT2D eigenvalue weighted by Gasteiger charge is 2.26. The van der Waals surface area contributed by atoms with Gasteiger partial charge in [-0.1, -0.05) is 6.92 Å². The van der Waals surface area contributed by atoms with Gasteiger partial charge in [0.15, 0.2) is 0 Å². The van der Waals surface area contributed by atoms with Crippen LogP contribution in [0, 0.1) is 0 Å². The lowest BCUT2D eigenvalue weighted by molar-refractivity contribution is 0.338. The third-order valence-electron chi connectivity index (χ3n) is 3.19. The van der Waals surface area contributed by atoms with E-state index in [1.54, 1.807) is 25.9 Å². The van der Waals surface area contributed by atoms with Crippen molar-refractivity contribution in [2.24, 2.45) is 0 Å². The van der Waals surface area contributed by atoms with E-state index in [0.29, 0.717) is 6.54 Å². The maximum atomic E-state index is 12.3. The minimum Gasteiger partial charge on any atom is -0.317 e. The summed E-state index contributed by atoms with van der Waals surface area (Å²) in [5, 5.41) is 3.20. The Morgan fingerprint density at radius 3 is 2.47 bits per heavy atom. The molecule has 0 aliphatic carbocycles. The van der Waals surface area contributed by atoms with Crippen LogP contribution >= 0.6 is 11.8 Å². The molecule has 0 rings (SSSR count). The first-order valence-electron chi connectivity index (χ1n) is 6.76. The van der Waals surface area contributed by atoms with Gasteiger partial charge in [-0.05, 0) is 44.9 Å². The second kappa shape index (κ2) is 9.99. The summed E-state index contributed by atoms with van der Waals surface area (Å²) in [4.78, 5) is 0. The van der Waals surface area contributed by atoms with Gasteiger partial charge in [-0.25, -0.2) is 0 Å². The zero-order valence-electron chi connectivity index (χ0n) is 12.8. The Balaban J connectivity index is 4.33. The van der Waals surface area contributed by atoms with Crippen LogP contribution in [-0.4, -0.2) is 68.8 Å². The van der Waals surface area contributed by atoms with Crippen LogP contribution in [0.1, 0.15) is 26.7 Å². The normalized spacial score (nSPS) is 14.3. The Bertz CT molecular complexity index is 323. The van der Waals surface area contributed by atoms with Crippen LogP contribution in [0.3, 0.4) is 0 Å². The van der Waals surface area contributed by atoms with Gasteiger partial charge in [-0.2, -0.15) is 28.8 Å². The molecule has 0 aromatic rings. The fourth-order valence-corrected chi connectivity index (χ4v) is 3.57. The Kier molecular flexibility index (Phi) is 10.1. The summed E-state index contributed by atoms with van der Waals surface area (Å²) in [6.07, 6.45) is 3.74. The monoisotopic (exact) mass is 311 g/mol. The van der Waals surface area contributed by atoms with E-state index in [0.717, 1.165) is 31.7 Å². The summed E-state index contributed by atoms with van der Waals surface area (Å²) in [6.45, 7) is 6.32. The van der Waals surface area contributed by atoms with E-state index in [9.17, 15) is 8.42 Å².